The Hall–Kier alpha value is -3.82. The summed E-state index contributed by atoms with van der Waals surface area (Å²) in [7, 11) is 0. The monoisotopic (exact) mass is 472 g/mol. The number of aromatic nitrogens is 2. The zero-order valence-corrected chi connectivity index (χ0v) is 18.4. The molecule has 1 aliphatic rings. The molecule has 1 aromatic heterocycles. The zero-order chi connectivity index (χ0) is 24.1. The van der Waals surface area contributed by atoms with Crippen molar-refractivity contribution in [1.29, 1.82) is 0 Å². The van der Waals surface area contributed by atoms with Gasteiger partial charge in [0.05, 0.1) is 0 Å². The lowest BCUT2D eigenvalue weighted by Crippen LogP contribution is -2.38. The van der Waals surface area contributed by atoms with Gasteiger partial charge in [0.1, 0.15) is 11.5 Å². The highest BCUT2D eigenvalue weighted by Gasteiger charge is 2.31. The van der Waals surface area contributed by atoms with E-state index in [0.29, 0.717) is 43.4 Å². The fourth-order valence-electron chi connectivity index (χ4n) is 3.77. The number of halogens is 3. The minimum Gasteiger partial charge on any atom is -0.436 e. The Balaban J connectivity index is 1.37. The second-order valence-corrected chi connectivity index (χ2v) is 7.93. The molecule has 2 aromatic carbocycles. The van der Waals surface area contributed by atoms with E-state index in [2.05, 4.69) is 20.0 Å². The molecule has 34 heavy (non-hydrogen) atoms. The van der Waals surface area contributed by atoms with E-state index in [1.54, 1.807) is 12.4 Å². The number of hydrogen-bond acceptors (Lipinski definition) is 6. The molecule has 1 aliphatic heterocycles. The number of amides is 1. The number of carbonyl (C=O) groups excluding carboxylic acids is 1. The summed E-state index contributed by atoms with van der Waals surface area (Å²) < 4.78 is 47.2. The molecule has 2 heterocycles. The predicted molar refractivity (Wildman–Crippen MR) is 120 cm³/mol. The van der Waals surface area contributed by atoms with Crippen LogP contribution >= 0.6 is 0 Å². The van der Waals surface area contributed by atoms with Gasteiger partial charge in [0.15, 0.2) is 5.82 Å². The number of nitrogens with one attached hydrogen (secondary N) is 1. The summed E-state index contributed by atoms with van der Waals surface area (Å²) in [6.07, 6.45) is -0.549. The van der Waals surface area contributed by atoms with Crippen molar-refractivity contribution in [3.05, 3.63) is 66.5 Å². The molecule has 7 nitrogen and oxygen atoms in total. The first-order valence-electron chi connectivity index (χ1n) is 10.7. The second kappa shape index (κ2) is 9.98. The average molecular weight is 472 g/mol. The van der Waals surface area contributed by atoms with Crippen LogP contribution in [0.15, 0.2) is 60.9 Å². The average Bonchev–Trinajstić information content (AvgIpc) is 2.79. The maximum Gasteiger partial charge on any atom is 0.573 e. The number of carbonyl (C=O) groups is 1. The molecule has 0 radical (unpaired) electrons. The molecule has 1 fully saturated rings. The first kappa shape index (κ1) is 23.3. The van der Waals surface area contributed by atoms with E-state index in [1.165, 1.54) is 18.2 Å². The van der Waals surface area contributed by atoms with Crippen molar-refractivity contribution < 1.29 is 27.4 Å². The van der Waals surface area contributed by atoms with Gasteiger partial charge in [-0.1, -0.05) is 18.2 Å². The van der Waals surface area contributed by atoms with Gasteiger partial charge in [0.25, 0.3) is 5.88 Å². The minimum absolute atomic E-state index is 0.247. The molecule has 178 valence electrons. The van der Waals surface area contributed by atoms with Gasteiger partial charge in [-0.3, -0.25) is 4.79 Å². The summed E-state index contributed by atoms with van der Waals surface area (Å²) >= 11 is 0. The van der Waals surface area contributed by atoms with Crippen molar-refractivity contribution in [2.24, 2.45) is 5.92 Å². The van der Waals surface area contributed by atoms with Gasteiger partial charge in [-0.25, -0.2) is 9.97 Å². The molecule has 0 spiro atoms. The normalized spacial score (nSPS) is 14.5. The van der Waals surface area contributed by atoms with Crippen LogP contribution in [-0.4, -0.2) is 35.3 Å². The minimum atomic E-state index is -4.79. The van der Waals surface area contributed by atoms with E-state index in [-0.39, 0.29) is 23.3 Å². The maximum absolute atomic E-state index is 12.7. The molecule has 0 saturated carbocycles. The lowest BCUT2D eigenvalue weighted by atomic mass is 9.96. The van der Waals surface area contributed by atoms with Crippen LogP contribution in [0.5, 0.6) is 17.4 Å². The van der Waals surface area contributed by atoms with Crippen molar-refractivity contribution in [1.82, 2.24) is 9.97 Å². The highest BCUT2D eigenvalue weighted by Crippen LogP contribution is 2.32. The third-order valence-electron chi connectivity index (χ3n) is 5.35. The Kier molecular flexibility index (Phi) is 6.85. The number of alkyl halides is 3. The smallest absolute Gasteiger partial charge is 0.436 e. The summed E-state index contributed by atoms with van der Waals surface area (Å²) in [5.41, 5.74) is 1.31. The van der Waals surface area contributed by atoms with Crippen LogP contribution in [0.1, 0.15) is 18.4 Å². The van der Waals surface area contributed by atoms with Crippen molar-refractivity contribution >= 4 is 17.4 Å². The van der Waals surface area contributed by atoms with Crippen LogP contribution in [0.25, 0.3) is 0 Å². The highest BCUT2D eigenvalue weighted by atomic mass is 19.4. The van der Waals surface area contributed by atoms with Crippen LogP contribution in [-0.2, 0) is 4.79 Å². The Labute approximate surface area is 194 Å². The third-order valence-corrected chi connectivity index (χ3v) is 5.35. The van der Waals surface area contributed by atoms with Crippen LogP contribution in [0.3, 0.4) is 0 Å². The number of anilines is 2. The highest BCUT2D eigenvalue weighted by molar-refractivity contribution is 5.92. The Bertz CT molecular complexity index is 1150. The summed E-state index contributed by atoms with van der Waals surface area (Å²) in [5, 5.41) is 2.68. The van der Waals surface area contributed by atoms with Crippen molar-refractivity contribution in [2.75, 3.05) is 23.3 Å². The molecule has 0 atom stereocenters. The SMILES string of the molecule is Cc1cccc(Oc2nccnc2N2CCC(C(=O)Nc3cccc(OC(F)(F)F)c3)CC2)c1. The van der Waals surface area contributed by atoms with Crippen LogP contribution in [0, 0.1) is 12.8 Å². The summed E-state index contributed by atoms with van der Waals surface area (Å²) in [5.74, 6) is 0.717. The quantitative estimate of drug-likeness (QED) is 0.523. The van der Waals surface area contributed by atoms with E-state index >= 15 is 0 Å². The summed E-state index contributed by atoms with van der Waals surface area (Å²) in [6, 6.07) is 12.9. The first-order chi connectivity index (χ1) is 16.3. The summed E-state index contributed by atoms with van der Waals surface area (Å²) in [6.45, 7) is 3.08. The molecule has 0 unspecified atom stereocenters. The van der Waals surface area contributed by atoms with Crippen LogP contribution < -0.4 is 19.7 Å². The second-order valence-electron chi connectivity index (χ2n) is 7.93. The Morgan fingerprint density at radius 2 is 1.74 bits per heavy atom. The van der Waals surface area contributed by atoms with Gasteiger partial charge in [0, 0.05) is 43.2 Å². The Morgan fingerprint density at radius 1 is 1.03 bits per heavy atom. The fraction of sp³-hybridized carbons (Fsp3) is 0.292. The van der Waals surface area contributed by atoms with Crippen LogP contribution in [0.4, 0.5) is 24.7 Å². The van der Waals surface area contributed by atoms with E-state index in [0.717, 1.165) is 11.6 Å². The number of nitrogens with zero attached hydrogens (tertiary/aromatic N) is 3. The number of ether oxygens (including phenoxy) is 2. The van der Waals surface area contributed by atoms with Gasteiger partial charge < -0.3 is 19.7 Å². The molecule has 1 N–H and O–H groups in total. The first-order valence-corrected chi connectivity index (χ1v) is 10.7. The van der Waals surface area contributed by atoms with E-state index < -0.39 is 6.36 Å². The molecule has 1 amide bonds. The van der Waals surface area contributed by atoms with Crippen molar-refractivity contribution in [2.45, 2.75) is 26.1 Å². The number of aryl methyl sites for hydroxylation is 1. The lowest BCUT2D eigenvalue weighted by Gasteiger charge is -2.32. The molecule has 3 aromatic rings. The topological polar surface area (TPSA) is 76.6 Å². The fourth-order valence-corrected chi connectivity index (χ4v) is 3.77. The predicted octanol–water partition coefficient (Wildman–Crippen LogP) is 5.33. The number of piperidine rings is 1. The summed E-state index contributed by atoms with van der Waals surface area (Å²) in [4.78, 5) is 23.5. The molecule has 0 bridgehead atoms. The van der Waals surface area contributed by atoms with Gasteiger partial charge in [-0.15, -0.1) is 13.2 Å². The van der Waals surface area contributed by atoms with E-state index in [1.807, 2.05) is 36.1 Å². The van der Waals surface area contributed by atoms with Gasteiger partial charge in [-0.2, -0.15) is 0 Å². The third kappa shape index (κ3) is 6.15. The van der Waals surface area contributed by atoms with Crippen molar-refractivity contribution in [3.8, 4) is 17.4 Å². The maximum atomic E-state index is 12.7. The molecule has 1 saturated heterocycles. The number of hydrogen-bond donors (Lipinski definition) is 1. The number of benzene rings is 2. The van der Waals surface area contributed by atoms with Crippen molar-refractivity contribution in [3.63, 3.8) is 0 Å². The standard InChI is InChI=1S/C24H23F3N4O3/c1-16-4-2-6-19(14-16)33-23-21(28-10-11-29-23)31-12-8-17(9-13-31)22(32)30-18-5-3-7-20(15-18)34-24(25,26)27/h2-7,10-11,14-15,17H,8-9,12-13H2,1H3,(H,30,32). The lowest BCUT2D eigenvalue weighted by molar-refractivity contribution is -0.274. The largest absolute Gasteiger partial charge is 0.573 e. The van der Waals surface area contributed by atoms with Crippen LogP contribution in [0.2, 0.25) is 0 Å². The van der Waals surface area contributed by atoms with Gasteiger partial charge in [0.2, 0.25) is 5.91 Å². The molecule has 4 rings (SSSR count). The van der Waals surface area contributed by atoms with Gasteiger partial charge >= 0.3 is 6.36 Å². The number of rotatable bonds is 6. The Morgan fingerprint density at radius 3 is 2.47 bits per heavy atom. The molecular weight excluding hydrogens is 449 g/mol. The molecule has 10 heteroatoms. The van der Waals surface area contributed by atoms with E-state index in [9.17, 15) is 18.0 Å². The van der Waals surface area contributed by atoms with Gasteiger partial charge in [-0.05, 0) is 49.6 Å². The zero-order valence-electron chi connectivity index (χ0n) is 18.4. The molecule has 0 aliphatic carbocycles. The van der Waals surface area contributed by atoms with E-state index in [4.69, 9.17) is 4.74 Å². The molecular formula is C24H23F3N4O3.